The minimum absolute atomic E-state index is 0.181. The normalized spacial score (nSPS) is 10.6. The quantitative estimate of drug-likeness (QED) is 0.703. The van der Waals surface area contributed by atoms with Gasteiger partial charge >= 0.3 is 0 Å². The number of pyridine rings is 1. The molecule has 0 radical (unpaired) electrons. The van der Waals surface area contributed by atoms with Crippen molar-refractivity contribution in [2.75, 3.05) is 21.3 Å². The van der Waals surface area contributed by atoms with Gasteiger partial charge in [-0.3, -0.25) is 4.79 Å². The predicted octanol–water partition coefficient (Wildman–Crippen LogP) is 3.64. The largest absolute Gasteiger partial charge is 0.497 e. The number of nitrogens with one attached hydrogen (secondary N) is 1. The number of hydrogen-bond donors (Lipinski definition) is 1. The molecule has 0 spiro atoms. The zero-order valence-corrected chi connectivity index (χ0v) is 16.1. The lowest BCUT2D eigenvalue weighted by Gasteiger charge is -2.13. The van der Waals surface area contributed by atoms with Crippen molar-refractivity contribution in [2.45, 2.75) is 13.5 Å². The van der Waals surface area contributed by atoms with Gasteiger partial charge in [0.25, 0.3) is 5.91 Å². The van der Waals surface area contributed by atoms with Crippen LogP contribution < -0.4 is 19.5 Å². The molecule has 0 bridgehead atoms. The van der Waals surface area contributed by atoms with Gasteiger partial charge < -0.3 is 19.5 Å². The maximum atomic E-state index is 13.7. The Labute approximate surface area is 162 Å². The van der Waals surface area contributed by atoms with Crippen LogP contribution >= 0.6 is 0 Å². The predicted molar refractivity (Wildman–Crippen MR) is 104 cm³/mol. The highest BCUT2D eigenvalue weighted by Crippen LogP contribution is 2.29. The van der Waals surface area contributed by atoms with Crippen molar-refractivity contribution >= 4 is 16.8 Å². The number of rotatable bonds is 6. The summed E-state index contributed by atoms with van der Waals surface area (Å²) in [6, 6.07) is 9.56. The van der Waals surface area contributed by atoms with Crippen molar-refractivity contribution in [1.82, 2.24) is 10.3 Å². The number of aryl methyl sites for hydroxylation is 1. The molecule has 1 heterocycles. The number of carbonyl (C=O) groups is 1. The Morgan fingerprint density at radius 3 is 2.46 bits per heavy atom. The van der Waals surface area contributed by atoms with Gasteiger partial charge in [-0.1, -0.05) is 0 Å². The Morgan fingerprint density at radius 2 is 1.79 bits per heavy atom. The Balaban J connectivity index is 1.90. The van der Waals surface area contributed by atoms with Crippen molar-refractivity contribution in [1.29, 1.82) is 0 Å². The van der Waals surface area contributed by atoms with E-state index < -0.39 is 0 Å². The van der Waals surface area contributed by atoms with E-state index in [-0.39, 0.29) is 24.0 Å². The van der Waals surface area contributed by atoms with E-state index in [1.807, 2.05) is 0 Å². The van der Waals surface area contributed by atoms with Gasteiger partial charge in [-0.25, -0.2) is 9.37 Å². The molecule has 3 aromatic rings. The number of fused-ring (bicyclic) bond motifs is 1. The molecule has 0 saturated carbocycles. The number of benzene rings is 2. The van der Waals surface area contributed by atoms with Gasteiger partial charge in [0.05, 0.1) is 26.8 Å². The smallest absolute Gasteiger partial charge is 0.270 e. The molecule has 0 unspecified atom stereocenters. The summed E-state index contributed by atoms with van der Waals surface area (Å²) in [7, 11) is 4.60. The molecule has 0 aliphatic heterocycles. The summed E-state index contributed by atoms with van der Waals surface area (Å²) < 4.78 is 29.6. The van der Waals surface area contributed by atoms with Gasteiger partial charge in [-0.15, -0.1) is 0 Å². The molecular weight excluding hydrogens is 363 g/mol. The highest BCUT2D eigenvalue weighted by atomic mass is 19.1. The summed E-state index contributed by atoms with van der Waals surface area (Å²) in [6.07, 6.45) is 0. The van der Waals surface area contributed by atoms with Crippen molar-refractivity contribution in [3.63, 3.8) is 0 Å². The van der Waals surface area contributed by atoms with Crippen LogP contribution in [0.2, 0.25) is 0 Å². The zero-order chi connectivity index (χ0) is 20.3. The Kier molecular flexibility index (Phi) is 5.63. The molecule has 1 aromatic heterocycles. The molecule has 0 fully saturated rings. The molecule has 1 N–H and O–H groups in total. The monoisotopic (exact) mass is 384 g/mol. The van der Waals surface area contributed by atoms with Gasteiger partial charge in [0, 0.05) is 23.6 Å². The first-order valence-corrected chi connectivity index (χ1v) is 8.60. The molecule has 28 heavy (non-hydrogen) atoms. The number of amides is 1. The highest BCUT2D eigenvalue weighted by Gasteiger charge is 2.16. The molecule has 7 heteroatoms. The van der Waals surface area contributed by atoms with Gasteiger partial charge in [-0.2, -0.15) is 0 Å². The molecule has 0 atom stereocenters. The summed E-state index contributed by atoms with van der Waals surface area (Å²) in [5.74, 6) is 0.919. The molecule has 0 saturated heterocycles. The zero-order valence-electron chi connectivity index (χ0n) is 16.1. The molecule has 3 rings (SSSR count). The topological polar surface area (TPSA) is 69.7 Å². The molecule has 6 nitrogen and oxygen atoms in total. The van der Waals surface area contributed by atoms with E-state index in [1.165, 1.54) is 25.3 Å². The number of methoxy groups -OCH3 is 3. The Bertz CT molecular complexity index is 1040. The van der Waals surface area contributed by atoms with Crippen LogP contribution in [0.3, 0.4) is 0 Å². The van der Waals surface area contributed by atoms with Gasteiger partial charge in [0.15, 0.2) is 0 Å². The van der Waals surface area contributed by atoms with E-state index in [9.17, 15) is 9.18 Å². The summed E-state index contributed by atoms with van der Waals surface area (Å²) >= 11 is 0. The summed E-state index contributed by atoms with van der Waals surface area (Å²) in [4.78, 5) is 17.1. The van der Waals surface area contributed by atoms with Crippen molar-refractivity contribution in [2.24, 2.45) is 0 Å². The fraction of sp³-hybridized carbons (Fsp3) is 0.238. The van der Waals surface area contributed by atoms with Crippen LogP contribution in [-0.4, -0.2) is 32.2 Å². The SMILES string of the molecule is COc1ccc(OC)c(CNC(=O)c2cc(OC)c3cc(F)cc(C)c3n2)c1. The van der Waals surface area contributed by atoms with Gasteiger partial charge in [-0.05, 0) is 42.8 Å². The fourth-order valence-electron chi connectivity index (χ4n) is 3.00. The molecule has 146 valence electrons. The second kappa shape index (κ2) is 8.12. The number of hydrogen-bond acceptors (Lipinski definition) is 5. The average Bonchev–Trinajstić information content (AvgIpc) is 2.70. The minimum Gasteiger partial charge on any atom is -0.497 e. The highest BCUT2D eigenvalue weighted by molar-refractivity contribution is 5.97. The summed E-state index contributed by atoms with van der Waals surface area (Å²) in [6.45, 7) is 1.96. The van der Waals surface area contributed by atoms with Gasteiger partial charge in [0.1, 0.15) is 28.8 Å². The van der Waals surface area contributed by atoms with E-state index >= 15 is 0 Å². The Morgan fingerprint density at radius 1 is 1.04 bits per heavy atom. The van der Waals surface area contributed by atoms with Crippen LogP contribution in [0.4, 0.5) is 4.39 Å². The van der Waals surface area contributed by atoms with Crippen molar-refractivity contribution < 1.29 is 23.4 Å². The first-order chi connectivity index (χ1) is 13.5. The first-order valence-electron chi connectivity index (χ1n) is 8.60. The van der Waals surface area contributed by atoms with E-state index in [0.29, 0.717) is 33.7 Å². The number of aromatic nitrogens is 1. The second-order valence-corrected chi connectivity index (χ2v) is 6.19. The summed E-state index contributed by atoms with van der Waals surface area (Å²) in [5.41, 5.74) is 2.09. The van der Waals surface area contributed by atoms with E-state index in [2.05, 4.69) is 10.3 Å². The Hall–Kier alpha value is -3.35. The van der Waals surface area contributed by atoms with Crippen LogP contribution in [0, 0.1) is 12.7 Å². The molecule has 1 amide bonds. The molecule has 0 aliphatic rings. The standard InChI is InChI=1S/C21H21FN2O4/c1-12-7-14(22)9-16-19(28-4)10-17(24-20(12)16)21(25)23-11-13-8-15(26-2)5-6-18(13)27-3/h5-10H,11H2,1-4H3,(H,23,25). The van der Waals surface area contributed by atoms with Crippen LogP contribution in [-0.2, 0) is 6.54 Å². The number of ether oxygens (including phenoxy) is 3. The van der Waals surface area contributed by atoms with E-state index in [4.69, 9.17) is 14.2 Å². The van der Waals surface area contributed by atoms with Crippen molar-refractivity contribution in [3.05, 3.63) is 59.0 Å². The third-order valence-electron chi connectivity index (χ3n) is 4.41. The minimum atomic E-state index is -0.382. The number of carbonyl (C=O) groups excluding carboxylic acids is 1. The number of nitrogens with zero attached hydrogens (tertiary/aromatic N) is 1. The molecule has 2 aromatic carbocycles. The first kappa shape index (κ1) is 19.4. The van der Waals surface area contributed by atoms with Crippen molar-refractivity contribution in [3.8, 4) is 17.2 Å². The maximum absolute atomic E-state index is 13.7. The fourth-order valence-corrected chi connectivity index (χ4v) is 3.00. The second-order valence-electron chi connectivity index (χ2n) is 6.19. The van der Waals surface area contributed by atoms with Crippen LogP contribution in [0.5, 0.6) is 17.2 Å². The maximum Gasteiger partial charge on any atom is 0.270 e. The molecule has 0 aliphatic carbocycles. The summed E-state index contributed by atoms with van der Waals surface area (Å²) in [5, 5.41) is 3.34. The molecular formula is C21H21FN2O4. The van der Waals surface area contributed by atoms with Crippen LogP contribution in [0.1, 0.15) is 21.6 Å². The lowest BCUT2D eigenvalue weighted by Crippen LogP contribution is -2.24. The number of halogens is 1. The van der Waals surface area contributed by atoms with E-state index in [0.717, 1.165) is 5.56 Å². The third kappa shape index (κ3) is 3.83. The third-order valence-corrected chi connectivity index (χ3v) is 4.41. The lowest BCUT2D eigenvalue weighted by atomic mass is 10.1. The van der Waals surface area contributed by atoms with E-state index in [1.54, 1.807) is 39.3 Å². The van der Waals surface area contributed by atoms with Crippen LogP contribution in [0.25, 0.3) is 10.9 Å². The average molecular weight is 384 g/mol. The lowest BCUT2D eigenvalue weighted by molar-refractivity contribution is 0.0945. The van der Waals surface area contributed by atoms with Gasteiger partial charge in [0.2, 0.25) is 0 Å². The van der Waals surface area contributed by atoms with Crippen LogP contribution in [0.15, 0.2) is 36.4 Å².